The molecule has 148 valence electrons. The molecule has 8 nitrogen and oxygen atoms in total. The lowest BCUT2D eigenvalue weighted by atomic mass is 10.1. The van der Waals surface area contributed by atoms with Crippen LogP contribution in [0.25, 0.3) is 6.08 Å². The third-order valence-electron chi connectivity index (χ3n) is 3.95. The molecule has 10 heteroatoms. The SMILES string of the molecule is COc1ccc(/C=N/N2C(=O)/C(=C\c3ccccc3[N+](=O)[O-])SC2=S)c(OC)c1. The molecule has 3 rings (SSSR count). The maximum atomic E-state index is 12.7. The number of hydrazone groups is 1. The number of para-hydroxylation sites is 1. The number of methoxy groups -OCH3 is 2. The lowest BCUT2D eigenvalue weighted by Crippen LogP contribution is -2.22. The van der Waals surface area contributed by atoms with Crippen LogP contribution in [-0.2, 0) is 4.79 Å². The molecule has 2 aromatic carbocycles. The summed E-state index contributed by atoms with van der Waals surface area (Å²) in [5.41, 5.74) is 0.855. The number of thioether (sulfide) groups is 1. The fourth-order valence-corrected chi connectivity index (χ4v) is 3.68. The van der Waals surface area contributed by atoms with Gasteiger partial charge in [0.05, 0.1) is 35.8 Å². The van der Waals surface area contributed by atoms with Crippen LogP contribution >= 0.6 is 24.0 Å². The van der Waals surface area contributed by atoms with Crippen molar-refractivity contribution in [2.24, 2.45) is 5.10 Å². The summed E-state index contributed by atoms with van der Waals surface area (Å²) in [6.07, 6.45) is 2.90. The first-order valence-corrected chi connectivity index (χ1v) is 9.44. The van der Waals surface area contributed by atoms with Crippen LogP contribution in [0.3, 0.4) is 0 Å². The molecule has 1 aliphatic heterocycles. The third kappa shape index (κ3) is 4.44. The highest BCUT2D eigenvalue weighted by Crippen LogP contribution is 2.34. The van der Waals surface area contributed by atoms with Gasteiger partial charge in [-0.1, -0.05) is 23.9 Å². The number of nitro benzene ring substituents is 1. The molecule has 0 radical (unpaired) electrons. The summed E-state index contributed by atoms with van der Waals surface area (Å²) < 4.78 is 10.7. The zero-order valence-electron chi connectivity index (χ0n) is 15.4. The highest BCUT2D eigenvalue weighted by molar-refractivity contribution is 8.26. The predicted molar refractivity (Wildman–Crippen MR) is 115 cm³/mol. The molecule has 1 heterocycles. The van der Waals surface area contributed by atoms with E-state index in [1.807, 2.05) is 0 Å². The molecule has 0 N–H and O–H groups in total. The molecule has 0 bridgehead atoms. The quantitative estimate of drug-likeness (QED) is 0.226. The molecule has 0 spiro atoms. The first kappa shape index (κ1) is 20.5. The highest BCUT2D eigenvalue weighted by Gasteiger charge is 2.32. The second-order valence-electron chi connectivity index (χ2n) is 5.66. The Morgan fingerprint density at radius 3 is 2.62 bits per heavy atom. The Labute approximate surface area is 175 Å². The highest BCUT2D eigenvalue weighted by atomic mass is 32.2. The lowest BCUT2D eigenvalue weighted by Gasteiger charge is -2.09. The van der Waals surface area contributed by atoms with E-state index in [0.29, 0.717) is 22.6 Å². The van der Waals surface area contributed by atoms with Gasteiger partial charge in [0.1, 0.15) is 11.5 Å². The van der Waals surface area contributed by atoms with Crippen molar-refractivity contribution >= 4 is 52.2 Å². The summed E-state index contributed by atoms with van der Waals surface area (Å²) in [7, 11) is 3.06. The number of ether oxygens (including phenoxy) is 2. The summed E-state index contributed by atoms with van der Waals surface area (Å²) >= 11 is 6.27. The van der Waals surface area contributed by atoms with Crippen LogP contribution in [0.2, 0.25) is 0 Å². The second kappa shape index (κ2) is 8.84. The van der Waals surface area contributed by atoms with Gasteiger partial charge in [0, 0.05) is 17.7 Å². The third-order valence-corrected chi connectivity index (χ3v) is 5.23. The Hall–Kier alpha value is -3.24. The number of nitro groups is 1. The molecule has 0 unspecified atom stereocenters. The number of carbonyl (C=O) groups excluding carboxylic acids is 1. The van der Waals surface area contributed by atoms with Crippen LogP contribution in [0, 0.1) is 10.1 Å². The Bertz CT molecular complexity index is 1050. The summed E-state index contributed by atoms with van der Waals surface area (Å²) in [4.78, 5) is 23.6. The number of amides is 1. The van der Waals surface area contributed by atoms with Gasteiger partial charge >= 0.3 is 0 Å². The minimum Gasteiger partial charge on any atom is -0.497 e. The Morgan fingerprint density at radius 1 is 1.17 bits per heavy atom. The van der Waals surface area contributed by atoms with Crippen LogP contribution in [0.1, 0.15) is 11.1 Å². The molecular formula is C19H15N3O5S2. The molecule has 29 heavy (non-hydrogen) atoms. The molecule has 0 aliphatic carbocycles. The van der Waals surface area contributed by atoms with Crippen molar-refractivity contribution in [2.75, 3.05) is 14.2 Å². The van der Waals surface area contributed by atoms with E-state index in [1.165, 1.54) is 25.5 Å². The molecule has 1 aliphatic rings. The Morgan fingerprint density at radius 2 is 1.93 bits per heavy atom. The maximum Gasteiger partial charge on any atom is 0.286 e. The first-order chi connectivity index (χ1) is 13.9. The maximum absolute atomic E-state index is 12.7. The van der Waals surface area contributed by atoms with Crippen molar-refractivity contribution in [1.29, 1.82) is 0 Å². The van der Waals surface area contributed by atoms with Gasteiger partial charge in [-0.3, -0.25) is 14.9 Å². The van der Waals surface area contributed by atoms with E-state index in [1.54, 1.807) is 43.5 Å². The first-order valence-electron chi connectivity index (χ1n) is 8.22. The van der Waals surface area contributed by atoms with E-state index in [4.69, 9.17) is 21.7 Å². The van der Waals surface area contributed by atoms with Crippen molar-refractivity contribution in [3.8, 4) is 11.5 Å². The van der Waals surface area contributed by atoms with Crippen LogP contribution in [0.15, 0.2) is 52.5 Å². The molecule has 2 aromatic rings. The normalized spacial score (nSPS) is 15.4. The smallest absolute Gasteiger partial charge is 0.286 e. The minimum absolute atomic E-state index is 0.0933. The van der Waals surface area contributed by atoms with Crippen molar-refractivity contribution < 1.29 is 19.2 Å². The number of nitrogens with zero attached hydrogens (tertiary/aromatic N) is 3. The van der Waals surface area contributed by atoms with E-state index in [0.717, 1.165) is 16.8 Å². The second-order valence-corrected chi connectivity index (χ2v) is 7.34. The molecule has 1 fully saturated rings. The number of benzene rings is 2. The van der Waals surface area contributed by atoms with Crippen LogP contribution in [0.4, 0.5) is 5.69 Å². The molecule has 0 atom stereocenters. The van der Waals surface area contributed by atoms with E-state index < -0.39 is 10.8 Å². The molecule has 1 amide bonds. The van der Waals surface area contributed by atoms with Crippen molar-refractivity contribution in [1.82, 2.24) is 5.01 Å². The molecule has 1 saturated heterocycles. The minimum atomic E-state index is -0.499. The predicted octanol–water partition coefficient (Wildman–Crippen LogP) is 3.85. The zero-order valence-corrected chi connectivity index (χ0v) is 17.0. The summed E-state index contributed by atoms with van der Waals surface area (Å²) in [5.74, 6) is 0.688. The zero-order chi connectivity index (χ0) is 21.0. The van der Waals surface area contributed by atoms with Gasteiger partial charge in [0.2, 0.25) is 0 Å². The van der Waals surface area contributed by atoms with Gasteiger partial charge in [0.25, 0.3) is 11.6 Å². The topological polar surface area (TPSA) is 94.3 Å². The van der Waals surface area contributed by atoms with Gasteiger partial charge in [-0.2, -0.15) is 10.1 Å². The number of thiocarbonyl (C=S) groups is 1. The van der Waals surface area contributed by atoms with Gasteiger partial charge in [-0.15, -0.1) is 0 Å². The average Bonchev–Trinajstić information content (AvgIpc) is 2.99. The van der Waals surface area contributed by atoms with Crippen molar-refractivity contribution in [2.45, 2.75) is 0 Å². The van der Waals surface area contributed by atoms with Crippen LogP contribution < -0.4 is 9.47 Å². The fraction of sp³-hybridized carbons (Fsp3) is 0.105. The largest absolute Gasteiger partial charge is 0.497 e. The fourth-order valence-electron chi connectivity index (χ4n) is 2.52. The number of hydrogen-bond acceptors (Lipinski definition) is 8. The number of carbonyl (C=O) groups is 1. The summed E-state index contributed by atoms with van der Waals surface area (Å²) in [6.45, 7) is 0. The van der Waals surface area contributed by atoms with Gasteiger partial charge in [0.15, 0.2) is 4.32 Å². The van der Waals surface area contributed by atoms with Crippen LogP contribution in [0.5, 0.6) is 11.5 Å². The molecule has 0 aromatic heterocycles. The van der Waals surface area contributed by atoms with E-state index in [9.17, 15) is 14.9 Å². The summed E-state index contributed by atoms with van der Waals surface area (Å²) in [6, 6.07) is 11.3. The monoisotopic (exact) mass is 429 g/mol. The van der Waals surface area contributed by atoms with Crippen molar-refractivity contribution in [3.63, 3.8) is 0 Å². The van der Waals surface area contributed by atoms with E-state index in [2.05, 4.69) is 5.10 Å². The molecular weight excluding hydrogens is 414 g/mol. The number of hydrogen-bond donors (Lipinski definition) is 0. The van der Waals surface area contributed by atoms with Gasteiger partial charge < -0.3 is 9.47 Å². The van der Waals surface area contributed by atoms with Crippen LogP contribution in [-0.4, -0.2) is 40.6 Å². The van der Waals surface area contributed by atoms with E-state index in [-0.39, 0.29) is 14.9 Å². The average molecular weight is 429 g/mol. The van der Waals surface area contributed by atoms with Gasteiger partial charge in [-0.25, -0.2) is 0 Å². The molecule has 0 saturated carbocycles. The lowest BCUT2D eigenvalue weighted by molar-refractivity contribution is -0.385. The number of rotatable bonds is 6. The standard InChI is InChI=1S/C19H15N3O5S2/c1-26-14-8-7-13(16(10-14)27-2)11-20-21-18(23)17(29-19(21)28)9-12-5-3-4-6-15(12)22(24)25/h3-11H,1-2H3/b17-9+,20-11+. The Kier molecular flexibility index (Phi) is 6.25. The van der Waals surface area contributed by atoms with Crippen molar-refractivity contribution in [3.05, 3.63) is 68.6 Å². The van der Waals surface area contributed by atoms with Gasteiger partial charge in [-0.05, 0) is 36.5 Å². The Balaban J connectivity index is 1.87. The summed E-state index contributed by atoms with van der Waals surface area (Å²) in [5, 5.41) is 16.4. The van der Waals surface area contributed by atoms with E-state index >= 15 is 0 Å².